The lowest BCUT2D eigenvalue weighted by molar-refractivity contribution is -0.329. The molecule has 3 heterocycles. The van der Waals surface area contributed by atoms with Crippen molar-refractivity contribution in [1.82, 2.24) is 0 Å². The molecule has 2 saturated heterocycles. The maximum atomic E-state index is 11.3. The summed E-state index contributed by atoms with van der Waals surface area (Å²) in [6.45, 7) is 0.636. The third-order valence-corrected chi connectivity index (χ3v) is 5.21. The Morgan fingerprint density at radius 1 is 1.13 bits per heavy atom. The van der Waals surface area contributed by atoms with Crippen LogP contribution < -0.4 is 0 Å². The lowest BCUT2D eigenvalue weighted by atomic mass is 9.96. The van der Waals surface area contributed by atoms with E-state index in [-0.39, 0.29) is 5.90 Å². The second-order valence-corrected chi connectivity index (χ2v) is 7.85. The van der Waals surface area contributed by atoms with E-state index < -0.39 is 84.3 Å². The molecule has 10 atom stereocenters. The van der Waals surface area contributed by atoms with Crippen LogP contribution in [-0.4, -0.2) is 118 Å². The highest BCUT2D eigenvalue weighted by Gasteiger charge is 2.55. The normalized spacial score (nSPS) is 44.1. The molecule has 0 aliphatic carbocycles. The van der Waals surface area contributed by atoms with Crippen molar-refractivity contribution in [3.05, 3.63) is 0 Å². The smallest absolute Gasteiger partial charge is 0.397 e. The van der Waals surface area contributed by atoms with Crippen LogP contribution in [-0.2, 0) is 38.3 Å². The van der Waals surface area contributed by atoms with Crippen LogP contribution in [0.3, 0.4) is 0 Å². The van der Waals surface area contributed by atoms with Crippen molar-refractivity contribution in [3.63, 3.8) is 0 Å². The Morgan fingerprint density at radius 2 is 1.80 bits per heavy atom. The standard InChI is InChI=1S/C14H21NO14S/c1-3-15-5-10(9(29-30(22,23)24)4(2-16)26-13(5)25-3)27-14-8(19)6(17)7(18)11(28-14)12(20)21/h4-11,13-14,16-19H,2H2,1H3,(H,20,21)(H,22,23,24)/t4-,5-,6+,7+,8-,9+,10-,11+,13-,14-/m1/s1. The maximum Gasteiger partial charge on any atom is 0.397 e. The van der Waals surface area contributed by atoms with Gasteiger partial charge in [-0.15, -0.1) is 0 Å². The number of carbonyl (C=O) groups is 1. The molecule has 15 nitrogen and oxygen atoms in total. The van der Waals surface area contributed by atoms with Crippen LogP contribution in [0, 0.1) is 0 Å². The van der Waals surface area contributed by atoms with Crippen LogP contribution in [0.2, 0.25) is 0 Å². The van der Waals surface area contributed by atoms with Crippen LogP contribution in [0.15, 0.2) is 4.99 Å². The predicted octanol–water partition coefficient (Wildman–Crippen LogP) is -4.01. The molecule has 3 aliphatic heterocycles. The summed E-state index contributed by atoms with van der Waals surface area (Å²) in [5.74, 6) is -1.56. The zero-order valence-corrected chi connectivity index (χ0v) is 16.1. The minimum absolute atomic E-state index is 0.103. The largest absolute Gasteiger partial charge is 0.479 e. The fourth-order valence-corrected chi connectivity index (χ4v) is 3.93. The molecular weight excluding hydrogens is 438 g/mol. The quantitative estimate of drug-likeness (QED) is 0.208. The first-order valence-corrected chi connectivity index (χ1v) is 10.0. The first kappa shape index (κ1) is 23.2. The summed E-state index contributed by atoms with van der Waals surface area (Å²) in [4.78, 5) is 15.3. The van der Waals surface area contributed by atoms with Crippen LogP contribution in [0.1, 0.15) is 6.92 Å². The molecule has 2 fully saturated rings. The topological polar surface area (TPSA) is 231 Å². The zero-order chi connectivity index (χ0) is 22.4. The molecule has 172 valence electrons. The van der Waals surface area contributed by atoms with Gasteiger partial charge in [0.15, 0.2) is 18.3 Å². The summed E-state index contributed by atoms with van der Waals surface area (Å²) in [5.41, 5.74) is 0. The highest BCUT2D eigenvalue weighted by molar-refractivity contribution is 7.80. The molecule has 16 heteroatoms. The van der Waals surface area contributed by atoms with E-state index in [4.69, 9.17) is 28.6 Å². The summed E-state index contributed by atoms with van der Waals surface area (Å²) in [5, 5.41) is 48.6. The number of ether oxygens (including phenoxy) is 4. The number of aliphatic hydroxyl groups excluding tert-OH is 4. The monoisotopic (exact) mass is 459 g/mol. The summed E-state index contributed by atoms with van der Waals surface area (Å²) in [6.07, 6.45) is -15.6. The Labute approximate surface area is 169 Å². The molecule has 3 rings (SSSR count). The molecule has 0 saturated carbocycles. The van der Waals surface area contributed by atoms with Crippen LogP contribution in [0.5, 0.6) is 0 Å². The van der Waals surface area contributed by atoms with Crippen molar-refractivity contribution in [3.8, 4) is 0 Å². The molecule has 30 heavy (non-hydrogen) atoms. The minimum Gasteiger partial charge on any atom is -0.479 e. The van der Waals surface area contributed by atoms with Gasteiger partial charge in [-0.25, -0.2) is 14.0 Å². The first-order valence-electron chi connectivity index (χ1n) is 8.64. The highest BCUT2D eigenvalue weighted by Crippen LogP contribution is 2.35. The van der Waals surface area contributed by atoms with Crippen molar-refractivity contribution in [2.24, 2.45) is 4.99 Å². The third-order valence-electron chi connectivity index (χ3n) is 4.75. The van der Waals surface area contributed by atoms with Crippen molar-refractivity contribution in [1.29, 1.82) is 0 Å². The van der Waals surface area contributed by atoms with Gasteiger partial charge < -0.3 is 44.5 Å². The van der Waals surface area contributed by atoms with E-state index >= 15 is 0 Å². The van der Waals surface area contributed by atoms with E-state index in [1.54, 1.807) is 0 Å². The Morgan fingerprint density at radius 3 is 2.37 bits per heavy atom. The van der Waals surface area contributed by atoms with E-state index in [0.717, 1.165) is 0 Å². The average Bonchev–Trinajstić information content (AvgIpc) is 3.01. The first-order chi connectivity index (χ1) is 13.9. The maximum absolute atomic E-state index is 11.3. The van der Waals surface area contributed by atoms with Crippen LogP contribution >= 0.6 is 0 Å². The Balaban J connectivity index is 1.92. The summed E-state index contributed by atoms with van der Waals surface area (Å²) >= 11 is 0. The summed E-state index contributed by atoms with van der Waals surface area (Å²) < 4.78 is 57.5. The van der Waals surface area contributed by atoms with Gasteiger partial charge >= 0.3 is 16.4 Å². The van der Waals surface area contributed by atoms with Crippen molar-refractivity contribution in [2.75, 3.05) is 6.61 Å². The van der Waals surface area contributed by atoms with Gasteiger partial charge in [-0.05, 0) is 0 Å². The minimum atomic E-state index is -5.09. The molecule has 6 N–H and O–H groups in total. The molecule has 0 aromatic carbocycles. The van der Waals surface area contributed by atoms with Gasteiger partial charge in [-0.2, -0.15) is 8.42 Å². The number of hydrogen-bond acceptors (Lipinski definition) is 13. The van der Waals surface area contributed by atoms with Gasteiger partial charge in [0.1, 0.15) is 42.7 Å². The van der Waals surface area contributed by atoms with Gasteiger partial charge in [0.05, 0.1) is 6.61 Å². The number of nitrogens with zero attached hydrogens (tertiary/aromatic N) is 1. The number of aliphatic hydroxyl groups is 4. The molecule has 0 unspecified atom stereocenters. The Hall–Kier alpha value is -1.47. The van der Waals surface area contributed by atoms with Crippen molar-refractivity contribution in [2.45, 2.75) is 68.3 Å². The van der Waals surface area contributed by atoms with E-state index in [1.807, 2.05) is 0 Å². The fourth-order valence-electron chi connectivity index (χ4n) is 3.41. The average molecular weight is 459 g/mol. The van der Waals surface area contributed by atoms with E-state index in [0.29, 0.717) is 0 Å². The SMILES string of the molecule is CC1=N[C@H]2[C@H](O1)O[C@H](CO)[C@H](OS(=O)(=O)O)[C@@H]2O[C@@H]1O[C@H](C(=O)O)[C@@H](O)[C@H](O)[C@H]1O. The van der Waals surface area contributed by atoms with Gasteiger partial charge in [0, 0.05) is 6.92 Å². The molecule has 0 aromatic rings. The number of carboxylic acid groups (broad SMARTS) is 1. The fraction of sp³-hybridized carbons (Fsp3) is 0.857. The molecule has 0 radical (unpaired) electrons. The highest BCUT2D eigenvalue weighted by atomic mass is 32.3. The van der Waals surface area contributed by atoms with Crippen molar-refractivity contribution >= 4 is 22.3 Å². The zero-order valence-electron chi connectivity index (χ0n) is 15.3. The number of rotatable bonds is 6. The van der Waals surface area contributed by atoms with E-state index in [9.17, 15) is 33.6 Å². The second kappa shape index (κ2) is 8.58. The van der Waals surface area contributed by atoms with E-state index in [2.05, 4.69) is 9.18 Å². The summed E-state index contributed by atoms with van der Waals surface area (Å²) in [7, 11) is -5.09. The molecule has 3 aliphatic rings. The van der Waals surface area contributed by atoms with E-state index in [1.165, 1.54) is 6.92 Å². The van der Waals surface area contributed by atoms with Gasteiger partial charge in [-0.1, -0.05) is 0 Å². The molecule has 0 spiro atoms. The molecule has 0 amide bonds. The van der Waals surface area contributed by atoms with Crippen molar-refractivity contribution < 1.29 is 66.4 Å². The van der Waals surface area contributed by atoms with Gasteiger partial charge in [0.25, 0.3) is 0 Å². The van der Waals surface area contributed by atoms with Gasteiger partial charge in [-0.3, -0.25) is 4.55 Å². The molecule has 0 bridgehead atoms. The Bertz CT molecular complexity index is 788. The number of carboxylic acids is 1. The lowest BCUT2D eigenvalue weighted by Gasteiger charge is -2.44. The number of fused-ring (bicyclic) bond motifs is 1. The lowest BCUT2D eigenvalue weighted by Crippen LogP contribution is -2.64. The summed E-state index contributed by atoms with van der Waals surface area (Å²) in [6, 6.07) is -1.14. The molecule has 0 aromatic heterocycles. The number of aliphatic imine (C=N–C) groups is 1. The Kier molecular flexibility index (Phi) is 6.63. The van der Waals surface area contributed by atoms with Gasteiger partial charge in [0.2, 0.25) is 6.29 Å². The number of aliphatic carboxylic acids is 1. The third kappa shape index (κ3) is 4.57. The van der Waals surface area contributed by atoms with Crippen LogP contribution in [0.25, 0.3) is 0 Å². The second-order valence-electron chi connectivity index (χ2n) is 6.81. The molecular formula is C14H21NO14S. The van der Waals surface area contributed by atoms with Crippen LogP contribution in [0.4, 0.5) is 0 Å². The predicted molar refractivity (Wildman–Crippen MR) is 89.3 cm³/mol. The number of hydrogen-bond donors (Lipinski definition) is 6.